The number of carbonyl (C=O) groups is 1. The molecule has 0 aliphatic heterocycles. The molecule has 0 spiro atoms. The number of fused-ring (bicyclic) bond motifs is 2. The maximum absolute atomic E-state index is 14.9. The molecule has 1 amide bonds. The molecular weight excluding hydrogens is 465 g/mol. The monoisotopic (exact) mass is 487 g/mol. The third kappa shape index (κ3) is 4.41. The van der Waals surface area contributed by atoms with Crippen LogP contribution in [0.4, 0.5) is 15.1 Å². The van der Waals surface area contributed by atoms with Gasteiger partial charge in [-0.25, -0.2) is 24.2 Å². The van der Waals surface area contributed by atoms with Gasteiger partial charge in [0.2, 0.25) is 5.95 Å². The Balaban J connectivity index is 1.49. The Bertz CT molecular complexity index is 1650. The molecule has 3 aromatic carbocycles. The Labute approximate surface area is 204 Å². The van der Waals surface area contributed by atoms with Crippen LogP contribution in [0.5, 0.6) is 0 Å². The molecule has 0 unspecified atom stereocenters. The first-order chi connectivity index (χ1) is 17.4. The van der Waals surface area contributed by atoms with E-state index in [4.69, 9.17) is 4.74 Å². The zero-order valence-corrected chi connectivity index (χ0v) is 19.3. The van der Waals surface area contributed by atoms with Gasteiger partial charge in [0.05, 0.1) is 35.3 Å². The number of hydrogen-bond acceptors (Lipinski definition) is 5. The molecule has 0 bridgehead atoms. The van der Waals surface area contributed by atoms with Gasteiger partial charge < -0.3 is 14.8 Å². The zero-order valence-electron chi connectivity index (χ0n) is 19.3. The van der Waals surface area contributed by atoms with Crippen molar-refractivity contribution >= 4 is 33.8 Å². The maximum atomic E-state index is 14.9. The van der Waals surface area contributed by atoms with Crippen molar-refractivity contribution in [1.29, 1.82) is 0 Å². The van der Waals surface area contributed by atoms with Gasteiger partial charge in [-0.3, -0.25) is 4.79 Å². The fourth-order valence-electron chi connectivity index (χ4n) is 4.17. The van der Waals surface area contributed by atoms with Crippen molar-refractivity contribution in [2.24, 2.45) is 0 Å². The number of nitrogens with zero attached hydrogens (tertiary/aromatic N) is 3. The Morgan fingerprint density at radius 2 is 1.92 bits per heavy atom. The molecule has 0 radical (unpaired) electrons. The average molecular weight is 487 g/mol. The van der Waals surface area contributed by atoms with E-state index < -0.39 is 11.9 Å². The number of carboxylic acid groups (broad SMARTS) is 1. The molecule has 0 fully saturated rings. The summed E-state index contributed by atoms with van der Waals surface area (Å²) in [7, 11) is 1.49. The van der Waals surface area contributed by atoms with Gasteiger partial charge in [-0.1, -0.05) is 30.3 Å². The summed E-state index contributed by atoms with van der Waals surface area (Å²) < 4.78 is 19.9. The number of benzene rings is 3. The first kappa shape index (κ1) is 23.2. The van der Waals surface area contributed by atoms with Gasteiger partial charge in [0.1, 0.15) is 5.82 Å². The van der Waals surface area contributed by atoms with Crippen molar-refractivity contribution < 1.29 is 19.0 Å². The lowest BCUT2D eigenvalue weighted by molar-refractivity contribution is 0.186. The standard InChI is InChI=1S/C26H22FN5O4/c1-36-11-10-32(26(34)35)25-28-21-9-7-16(14-23(21)29-25)19-12-15(6-8-20(19)27)13-22-17-4-2-3-5-18(17)24(33)31-30-22/h2-9,12,14H,10-11,13H2,1H3,(H,28,29)(H,31,33)(H,34,35). The van der Waals surface area contributed by atoms with E-state index in [9.17, 15) is 19.1 Å². The normalized spacial score (nSPS) is 11.3. The number of rotatable bonds is 7. The molecule has 5 rings (SSSR count). The topological polar surface area (TPSA) is 124 Å². The molecule has 2 aromatic heterocycles. The van der Waals surface area contributed by atoms with E-state index in [2.05, 4.69) is 20.2 Å². The van der Waals surface area contributed by atoms with Crippen LogP contribution in [0.2, 0.25) is 0 Å². The number of H-pyrrole nitrogens is 2. The highest BCUT2D eigenvalue weighted by atomic mass is 19.1. The average Bonchev–Trinajstić information content (AvgIpc) is 3.30. The highest BCUT2D eigenvalue weighted by Gasteiger charge is 2.19. The fourth-order valence-corrected chi connectivity index (χ4v) is 4.17. The minimum absolute atomic E-state index is 0.114. The highest BCUT2D eigenvalue weighted by molar-refractivity contribution is 5.89. The minimum Gasteiger partial charge on any atom is -0.465 e. The Morgan fingerprint density at radius 1 is 1.11 bits per heavy atom. The molecule has 182 valence electrons. The molecule has 10 heteroatoms. The summed E-state index contributed by atoms with van der Waals surface area (Å²) in [6, 6.07) is 17.2. The maximum Gasteiger partial charge on any atom is 0.414 e. The second kappa shape index (κ2) is 9.59. The molecule has 0 aliphatic carbocycles. The number of methoxy groups -OCH3 is 1. The van der Waals surface area contributed by atoms with E-state index in [1.165, 1.54) is 13.2 Å². The molecule has 0 atom stereocenters. The van der Waals surface area contributed by atoms with Gasteiger partial charge in [-0.2, -0.15) is 5.10 Å². The second-order valence-electron chi connectivity index (χ2n) is 8.26. The SMILES string of the molecule is COCCN(C(=O)O)c1nc2cc(-c3cc(Cc4n[nH]c(=O)c5ccccc45)ccc3F)ccc2[nH]1. The van der Waals surface area contributed by atoms with Crippen LogP contribution in [0, 0.1) is 5.82 Å². The van der Waals surface area contributed by atoms with Crippen molar-refractivity contribution in [1.82, 2.24) is 20.2 Å². The molecule has 0 aliphatic rings. The zero-order chi connectivity index (χ0) is 25.2. The summed E-state index contributed by atoms with van der Waals surface area (Å²) >= 11 is 0. The van der Waals surface area contributed by atoms with Crippen LogP contribution >= 0.6 is 0 Å². The predicted molar refractivity (Wildman–Crippen MR) is 134 cm³/mol. The highest BCUT2D eigenvalue weighted by Crippen LogP contribution is 2.29. The van der Waals surface area contributed by atoms with E-state index in [1.807, 2.05) is 12.1 Å². The number of amides is 1. The van der Waals surface area contributed by atoms with Crippen molar-refractivity contribution in [3.8, 4) is 11.1 Å². The largest absolute Gasteiger partial charge is 0.465 e. The van der Waals surface area contributed by atoms with E-state index in [0.717, 1.165) is 15.8 Å². The lowest BCUT2D eigenvalue weighted by Crippen LogP contribution is -2.33. The lowest BCUT2D eigenvalue weighted by Gasteiger charge is -2.14. The van der Waals surface area contributed by atoms with Crippen LogP contribution < -0.4 is 10.5 Å². The van der Waals surface area contributed by atoms with Gasteiger partial charge in [-0.15, -0.1) is 0 Å². The van der Waals surface area contributed by atoms with Crippen LogP contribution in [-0.4, -0.2) is 51.6 Å². The van der Waals surface area contributed by atoms with E-state index in [-0.39, 0.29) is 24.7 Å². The van der Waals surface area contributed by atoms with Crippen LogP contribution in [0.1, 0.15) is 11.3 Å². The Morgan fingerprint density at radius 3 is 2.69 bits per heavy atom. The summed E-state index contributed by atoms with van der Waals surface area (Å²) in [6.07, 6.45) is -0.764. The Hall–Kier alpha value is -4.57. The summed E-state index contributed by atoms with van der Waals surface area (Å²) in [5.74, 6) is -0.239. The van der Waals surface area contributed by atoms with Gasteiger partial charge in [0.25, 0.3) is 5.56 Å². The molecule has 9 nitrogen and oxygen atoms in total. The van der Waals surface area contributed by atoms with Gasteiger partial charge >= 0.3 is 6.09 Å². The fraction of sp³-hybridized carbons (Fsp3) is 0.154. The quantitative estimate of drug-likeness (QED) is 0.314. The van der Waals surface area contributed by atoms with E-state index in [1.54, 1.807) is 42.5 Å². The minimum atomic E-state index is -1.16. The van der Waals surface area contributed by atoms with E-state index in [0.29, 0.717) is 39.7 Å². The number of hydrogen-bond donors (Lipinski definition) is 3. The summed E-state index contributed by atoms with van der Waals surface area (Å²) in [6.45, 7) is 0.328. The van der Waals surface area contributed by atoms with Crippen LogP contribution in [0.25, 0.3) is 32.9 Å². The smallest absolute Gasteiger partial charge is 0.414 e. The van der Waals surface area contributed by atoms with Crippen molar-refractivity contribution in [3.63, 3.8) is 0 Å². The van der Waals surface area contributed by atoms with Crippen molar-refractivity contribution in [2.45, 2.75) is 6.42 Å². The molecule has 5 aromatic rings. The number of halogens is 1. The van der Waals surface area contributed by atoms with E-state index >= 15 is 0 Å². The third-order valence-corrected chi connectivity index (χ3v) is 5.96. The Kier molecular flexibility index (Phi) is 6.17. The summed E-state index contributed by atoms with van der Waals surface area (Å²) in [5.41, 5.74) is 3.34. The number of ether oxygens (including phenoxy) is 1. The first-order valence-corrected chi connectivity index (χ1v) is 11.2. The molecule has 0 saturated carbocycles. The van der Waals surface area contributed by atoms with Gasteiger partial charge in [-0.05, 0) is 41.5 Å². The second-order valence-corrected chi connectivity index (χ2v) is 8.26. The van der Waals surface area contributed by atoms with Crippen LogP contribution in [0.15, 0.2) is 65.5 Å². The number of anilines is 1. The summed E-state index contributed by atoms with van der Waals surface area (Å²) in [4.78, 5) is 32.2. The lowest BCUT2D eigenvalue weighted by atomic mass is 9.98. The number of nitrogens with one attached hydrogen (secondary N) is 2. The molecule has 36 heavy (non-hydrogen) atoms. The molecular formula is C26H22FN5O4. The first-order valence-electron chi connectivity index (χ1n) is 11.2. The van der Waals surface area contributed by atoms with Crippen molar-refractivity contribution in [2.75, 3.05) is 25.2 Å². The van der Waals surface area contributed by atoms with Crippen molar-refractivity contribution in [3.05, 3.63) is 88.1 Å². The van der Waals surface area contributed by atoms with Gasteiger partial charge in [0, 0.05) is 24.5 Å². The van der Waals surface area contributed by atoms with Crippen LogP contribution in [0.3, 0.4) is 0 Å². The molecule has 2 heterocycles. The third-order valence-electron chi connectivity index (χ3n) is 5.96. The van der Waals surface area contributed by atoms with Gasteiger partial charge in [0.15, 0.2) is 0 Å². The summed E-state index contributed by atoms with van der Waals surface area (Å²) in [5, 5.41) is 17.6. The molecule has 0 saturated heterocycles. The number of aromatic amines is 2. The number of aromatic nitrogens is 4. The van der Waals surface area contributed by atoms with Crippen LogP contribution in [-0.2, 0) is 11.2 Å². The predicted octanol–water partition coefficient (Wildman–Crippen LogP) is 4.33. The number of imidazole rings is 1. The molecule has 3 N–H and O–H groups in total.